The maximum absolute atomic E-state index is 9.71. The molecule has 6 heteroatoms. The molecule has 1 aliphatic rings. The van der Waals surface area contributed by atoms with E-state index >= 15 is 0 Å². The van der Waals surface area contributed by atoms with E-state index in [0.717, 1.165) is 43.7 Å². The van der Waals surface area contributed by atoms with Crippen molar-refractivity contribution in [2.75, 3.05) is 18.0 Å². The van der Waals surface area contributed by atoms with Crippen molar-refractivity contribution in [3.8, 4) is 11.5 Å². The van der Waals surface area contributed by atoms with Gasteiger partial charge in [0.15, 0.2) is 5.82 Å². The molecule has 0 radical (unpaired) electrons. The number of rotatable bonds is 2. The minimum Gasteiger partial charge on any atom is -0.393 e. The molecule has 1 fully saturated rings. The first-order valence-corrected chi connectivity index (χ1v) is 6.92. The van der Waals surface area contributed by atoms with Gasteiger partial charge in [0.05, 0.1) is 6.10 Å². The molecule has 1 aliphatic heterocycles. The fourth-order valence-corrected chi connectivity index (χ4v) is 2.45. The zero-order chi connectivity index (χ0) is 13.9. The van der Waals surface area contributed by atoms with Crippen molar-refractivity contribution in [1.82, 2.24) is 15.1 Å². The van der Waals surface area contributed by atoms with Gasteiger partial charge in [-0.1, -0.05) is 5.16 Å². The lowest BCUT2D eigenvalue weighted by atomic mass is 10.2. The highest BCUT2D eigenvalue weighted by Crippen LogP contribution is 2.23. The van der Waals surface area contributed by atoms with E-state index in [1.54, 1.807) is 13.1 Å². The predicted octanol–water partition coefficient (Wildman–Crippen LogP) is 1.79. The van der Waals surface area contributed by atoms with Gasteiger partial charge in [-0.25, -0.2) is 4.98 Å². The molecule has 0 saturated carbocycles. The van der Waals surface area contributed by atoms with E-state index in [4.69, 9.17) is 4.52 Å². The Morgan fingerprint density at radius 3 is 3.05 bits per heavy atom. The molecule has 1 saturated heterocycles. The summed E-state index contributed by atoms with van der Waals surface area (Å²) in [5, 5.41) is 13.5. The van der Waals surface area contributed by atoms with E-state index in [2.05, 4.69) is 20.0 Å². The number of aryl methyl sites for hydroxylation is 1. The minimum atomic E-state index is -0.193. The second-order valence-corrected chi connectivity index (χ2v) is 5.12. The van der Waals surface area contributed by atoms with Crippen molar-refractivity contribution >= 4 is 5.82 Å². The van der Waals surface area contributed by atoms with Gasteiger partial charge in [-0.3, -0.25) is 0 Å². The molecule has 0 amide bonds. The molecular weight excluding hydrogens is 256 g/mol. The molecule has 106 valence electrons. The topological polar surface area (TPSA) is 75.3 Å². The summed E-state index contributed by atoms with van der Waals surface area (Å²) in [6, 6.07) is 3.83. The summed E-state index contributed by atoms with van der Waals surface area (Å²) >= 11 is 0. The Balaban J connectivity index is 1.83. The smallest absolute Gasteiger partial charge is 0.258 e. The first-order valence-electron chi connectivity index (χ1n) is 6.92. The Morgan fingerprint density at radius 1 is 1.35 bits per heavy atom. The third-order valence-electron chi connectivity index (χ3n) is 3.54. The molecule has 6 nitrogen and oxygen atoms in total. The van der Waals surface area contributed by atoms with Crippen molar-refractivity contribution in [2.24, 2.45) is 0 Å². The predicted molar refractivity (Wildman–Crippen MR) is 74.3 cm³/mol. The van der Waals surface area contributed by atoms with Crippen LogP contribution in [-0.2, 0) is 0 Å². The molecule has 20 heavy (non-hydrogen) atoms. The zero-order valence-corrected chi connectivity index (χ0v) is 11.5. The van der Waals surface area contributed by atoms with E-state index in [1.165, 1.54) is 0 Å². The molecule has 1 atom stereocenters. The molecule has 3 heterocycles. The largest absolute Gasteiger partial charge is 0.393 e. The summed E-state index contributed by atoms with van der Waals surface area (Å²) in [7, 11) is 0. The summed E-state index contributed by atoms with van der Waals surface area (Å²) in [6.07, 6.45) is 4.19. The molecule has 0 aliphatic carbocycles. The summed E-state index contributed by atoms with van der Waals surface area (Å²) in [5.41, 5.74) is 0.875. The molecule has 1 N–H and O–H groups in total. The quantitative estimate of drug-likeness (QED) is 0.900. The van der Waals surface area contributed by atoms with E-state index in [1.807, 2.05) is 12.1 Å². The first-order chi connectivity index (χ1) is 9.72. The Morgan fingerprint density at radius 2 is 2.25 bits per heavy atom. The van der Waals surface area contributed by atoms with Crippen LogP contribution in [0.4, 0.5) is 5.82 Å². The minimum absolute atomic E-state index is 0.193. The Labute approximate surface area is 117 Å². The summed E-state index contributed by atoms with van der Waals surface area (Å²) in [6.45, 7) is 3.53. The van der Waals surface area contributed by atoms with Gasteiger partial charge in [-0.15, -0.1) is 0 Å². The second-order valence-electron chi connectivity index (χ2n) is 5.12. The third-order valence-corrected chi connectivity index (χ3v) is 3.54. The van der Waals surface area contributed by atoms with Crippen LogP contribution in [0.3, 0.4) is 0 Å². The van der Waals surface area contributed by atoms with Crippen LogP contribution in [0.5, 0.6) is 0 Å². The molecule has 2 aromatic rings. The molecule has 3 rings (SSSR count). The number of hydrogen-bond donors (Lipinski definition) is 1. The van der Waals surface area contributed by atoms with Crippen LogP contribution in [0.1, 0.15) is 25.1 Å². The van der Waals surface area contributed by atoms with Crippen molar-refractivity contribution in [3.05, 3.63) is 24.2 Å². The maximum Gasteiger partial charge on any atom is 0.258 e. The van der Waals surface area contributed by atoms with Crippen LogP contribution < -0.4 is 4.90 Å². The highest BCUT2D eigenvalue weighted by atomic mass is 16.5. The van der Waals surface area contributed by atoms with Crippen molar-refractivity contribution in [1.29, 1.82) is 0 Å². The van der Waals surface area contributed by atoms with Gasteiger partial charge in [0.2, 0.25) is 0 Å². The van der Waals surface area contributed by atoms with Gasteiger partial charge in [0.1, 0.15) is 5.82 Å². The van der Waals surface area contributed by atoms with Gasteiger partial charge >= 0.3 is 0 Å². The molecule has 2 aromatic heterocycles. The molecular formula is C14H18N4O2. The normalized spacial score (nSPS) is 19.9. The zero-order valence-electron chi connectivity index (χ0n) is 11.5. The van der Waals surface area contributed by atoms with Crippen molar-refractivity contribution in [2.45, 2.75) is 32.3 Å². The molecule has 0 spiro atoms. The van der Waals surface area contributed by atoms with Crippen LogP contribution in [0.25, 0.3) is 11.5 Å². The van der Waals surface area contributed by atoms with Gasteiger partial charge in [0, 0.05) is 24.8 Å². The Hall–Kier alpha value is -1.95. The fourth-order valence-electron chi connectivity index (χ4n) is 2.45. The van der Waals surface area contributed by atoms with Crippen LogP contribution in [0, 0.1) is 6.92 Å². The van der Waals surface area contributed by atoms with Crippen molar-refractivity contribution in [3.63, 3.8) is 0 Å². The standard InChI is InChI=1S/C14H18N4O2/c1-10-16-14(20-17-10)11-4-6-15-13(9-11)18-7-2-3-12(19)5-8-18/h4,6,9,12,19H,2-3,5,7-8H2,1H3. The SMILES string of the molecule is Cc1noc(-c2ccnc(N3CCCC(O)CC3)c2)n1. The fraction of sp³-hybridized carbons (Fsp3) is 0.500. The van der Waals surface area contributed by atoms with E-state index in [-0.39, 0.29) is 6.10 Å². The average molecular weight is 274 g/mol. The van der Waals surface area contributed by atoms with Gasteiger partial charge in [-0.2, -0.15) is 4.98 Å². The lowest BCUT2D eigenvalue weighted by Crippen LogP contribution is -2.25. The number of anilines is 1. The third kappa shape index (κ3) is 2.80. The highest BCUT2D eigenvalue weighted by Gasteiger charge is 2.17. The maximum atomic E-state index is 9.71. The number of aromatic nitrogens is 3. The summed E-state index contributed by atoms with van der Waals surface area (Å²) in [5.74, 6) is 2.03. The van der Waals surface area contributed by atoms with Gasteiger partial charge in [0.25, 0.3) is 5.89 Å². The summed E-state index contributed by atoms with van der Waals surface area (Å²) < 4.78 is 5.19. The number of nitrogens with zero attached hydrogens (tertiary/aromatic N) is 4. The number of hydrogen-bond acceptors (Lipinski definition) is 6. The van der Waals surface area contributed by atoms with Crippen LogP contribution in [0.15, 0.2) is 22.9 Å². The lowest BCUT2D eigenvalue weighted by Gasteiger charge is -2.21. The highest BCUT2D eigenvalue weighted by molar-refractivity contribution is 5.58. The van der Waals surface area contributed by atoms with Crippen LogP contribution in [-0.4, -0.2) is 39.4 Å². The second kappa shape index (κ2) is 5.58. The number of aliphatic hydroxyl groups excluding tert-OH is 1. The van der Waals surface area contributed by atoms with Gasteiger partial charge in [-0.05, 0) is 38.3 Å². The number of aliphatic hydroxyl groups is 1. The molecule has 1 unspecified atom stereocenters. The lowest BCUT2D eigenvalue weighted by molar-refractivity contribution is 0.161. The van der Waals surface area contributed by atoms with E-state index in [0.29, 0.717) is 11.7 Å². The summed E-state index contributed by atoms with van der Waals surface area (Å²) in [4.78, 5) is 10.8. The van der Waals surface area contributed by atoms with E-state index in [9.17, 15) is 5.11 Å². The average Bonchev–Trinajstić information content (AvgIpc) is 2.77. The van der Waals surface area contributed by atoms with Crippen molar-refractivity contribution < 1.29 is 9.63 Å². The molecule has 0 bridgehead atoms. The Bertz CT molecular complexity index is 584. The Kier molecular flexibility index (Phi) is 3.64. The monoisotopic (exact) mass is 274 g/mol. The number of pyridine rings is 1. The molecule has 0 aromatic carbocycles. The van der Waals surface area contributed by atoms with Gasteiger partial charge < -0.3 is 14.5 Å². The van der Waals surface area contributed by atoms with Crippen LogP contribution >= 0.6 is 0 Å². The first kappa shape index (κ1) is 13.1. The van der Waals surface area contributed by atoms with E-state index < -0.39 is 0 Å². The van der Waals surface area contributed by atoms with Crippen LogP contribution in [0.2, 0.25) is 0 Å².